The lowest BCUT2D eigenvalue weighted by atomic mass is 10.0. The number of phosphoric acid groups is 1. The summed E-state index contributed by atoms with van der Waals surface area (Å²) in [5.74, 6) is -0.185. The zero-order valence-electron chi connectivity index (χ0n) is 55.2. The second kappa shape index (κ2) is 63.7. The van der Waals surface area contributed by atoms with E-state index in [2.05, 4.69) is 67.8 Å². The van der Waals surface area contributed by atoms with Crippen LogP contribution in [0.4, 0.5) is 0 Å². The number of hydrogen-bond acceptors (Lipinski definition) is 5. The number of rotatable bonds is 66. The topological polar surface area (TPSA) is 105 Å². The molecule has 0 saturated carbocycles. The van der Waals surface area contributed by atoms with Crippen LogP contribution in [0.15, 0.2) is 60.8 Å². The maximum absolute atomic E-state index is 13.0. The number of amides is 1. The fourth-order valence-electron chi connectivity index (χ4n) is 10.6. The van der Waals surface area contributed by atoms with Gasteiger partial charge in [0.15, 0.2) is 0 Å². The molecule has 0 radical (unpaired) electrons. The van der Waals surface area contributed by atoms with Crippen LogP contribution in [0, 0.1) is 0 Å². The number of phosphoric ester groups is 1. The minimum atomic E-state index is -4.36. The number of aliphatic hydroxyl groups excluding tert-OH is 1. The Kier molecular flexibility index (Phi) is 62.3. The molecule has 9 heteroatoms. The largest absolute Gasteiger partial charge is 0.472 e. The van der Waals surface area contributed by atoms with Crippen LogP contribution < -0.4 is 5.32 Å². The molecule has 0 aliphatic heterocycles. The maximum Gasteiger partial charge on any atom is 0.472 e. The molecule has 0 aromatic rings. The number of carbonyl (C=O) groups excluding carboxylic acids is 1. The molecule has 3 atom stereocenters. The van der Waals surface area contributed by atoms with E-state index in [9.17, 15) is 19.4 Å². The molecular formula is C73H140N2O6P+. The Morgan fingerprint density at radius 2 is 0.707 bits per heavy atom. The van der Waals surface area contributed by atoms with Crippen molar-refractivity contribution in [2.24, 2.45) is 0 Å². The summed E-state index contributed by atoms with van der Waals surface area (Å²) >= 11 is 0. The van der Waals surface area contributed by atoms with Crippen LogP contribution in [0.5, 0.6) is 0 Å². The van der Waals surface area contributed by atoms with Crippen LogP contribution in [-0.2, 0) is 18.4 Å². The molecule has 0 rings (SSSR count). The van der Waals surface area contributed by atoms with Gasteiger partial charge >= 0.3 is 7.82 Å². The Labute approximate surface area is 511 Å². The third-order valence-corrected chi connectivity index (χ3v) is 17.2. The van der Waals surface area contributed by atoms with Crippen molar-refractivity contribution >= 4 is 13.7 Å². The minimum absolute atomic E-state index is 0.0541. The average Bonchev–Trinajstić information content (AvgIpc) is 3.46. The summed E-state index contributed by atoms with van der Waals surface area (Å²) in [5, 5.41) is 14.0. The van der Waals surface area contributed by atoms with Gasteiger partial charge in [-0.3, -0.25) is 13.8 Å². The molecule has 0 aliphatic carbocycles. The summed E-state index contributed by atoms with van der Waals surface area (Å²) < 4.78 is 23.8. The fourth-order valence-corrected chi connectivity index (χ4v) is 11.4. The molecule has 82 heavy (non-hydrogen) atoms. The second-order valence-electron chi connectivity index (χ2n) is 25.6. The summed E-state index contributed by atoms with van der Waals surface area (Å²) in [4.78, 5) is 23.4. The summed E-state index contributed by atoms with van der Waals surface area (Å²) in [7, 11) is 1.56. The lowest BCUT2D eigenvalue weighted by Gasteiger charge is -2.25. The molecule has 482 valence electrons. The van der Waals surface area contributed by atoms with Crippen molar-refractivity contribution in [3.63, 3.8) is 0 Å². The standard InChI is InChI=1S/C73H139N2O6P/c1-6-8-10-12-14-16-18-20-22-24-26-28-29-30-31-32-33-34-35-36-37-38-39-40-41-42-43-44-45-47-49-51-53-55-57-59-61-63-65-67-73(77)74-71(70-81-82(78,79)80-69-68-75(3,4)5)72(76)66-64-62-60-58-56-54-52-50-48-46-27-25-23-21-19-17-15-13-11-9-7-2/h18,20,24,26,48,50,56,58,64,66,71-72,76H,6-17,19,21-23,25,27-47,49,51-55,57,59-63,65,67-70H2,1-5H3,(H-,74,77,78,79)/p+1/b20-18-,26-24-,50-48+,58-56+,66-64+. The first kappa shape index (κ1) is 80.2. The molecule has 0 aromatic carbocycles. The highest BCUT2D eigenvalue weighted by Crippen LogP contribution is 2.43. The molecule has 1 amide bonds. The Morgan fingerprint density at radius 3 is 1.05 bits per heavy atom. The number of likely N-dealkylation sites (N-methyl/N-ethyl adjacent to an activating group) is 1. The number of nitrogens with one attached hydrogen (secondary N) is 1. The van der Waals surface area contributed by atoms with E-state index >= 15 is 0 Å². The third-order valence-electron chi connectivity index (χ3n) is 16.2. The van der Waals surface area contributed by atoms with Gasteiger partial charge < -0.3 is 19.8 Å². The van der Waals surface area contributed by atoms with Gasteiger partial charge in [-0.05, 0) is 77.0 Å². The van der Waals surface area contributed by atoms with Gasteiger partial charge in [-0.2, -0.15) is 0 Å². The molecule has 8 nitrogen and oxygen atoms in total. The molecule has 0 heterocycles. The summed E-state index contributed by atoms with van der Waals surface area (Å²) in [6.45, 7) is 4.81. The van der Waals surface area contributed by atoms with Crippen molar-refractivity contribution in [3.8, 4) is 0 Å². The maximum atomic E-state index is 13.0. The smallest absolute Gasteiger partial charge is 0.387 e. The van der Waals surface area contributed by atoms with E-state index in [1.807, 2.05) is 27.2 Å². The summed E-state index contributed by atoms with van der Waals surface area (Å²) in [6.07, 6.45) is 88.2. The van der Waals surface area contributed by atoms with Gasteiger partial charge in [0.25, 0.3) is 0 Å². The van der Waals surface area contributed by atoms with Gasteiger partial charge in [-0.15, -0.1) is 0 Å². The quantitative estimate of drug-likeness (QED) is 0.0243. The van der Waals surface area contributed by atoms with Crippen molar-refractivity contribution < 1.29 is 32.9 Å². The van der Waals surface area contributed by atoms with E-state index < -0.39 is 20.0 Å². The van der Waals surface area contributed by atoms with E-state index in [-0.39, 0.29) is 19.1 Å². The van der Waals surface area contributed by atoms with Gasteiger partial charge in [0, 0.05) is 6.42 Å². The first-order valence-corrected chi connectivity index (χ1v) is 37.2. The highest BCUT2D eigenvalue weighted by Gasteiger charge is 2.28. The number of aliphatic hydroxyl groups is 1. The molecule has 0 aliphatic rings. The van der Waals surface area contributed by atoms with Crippen molar-refractivity contribution in [2.75, 3.05) is 40.9 Å². The van der Waals surface area contributed by atoms with Gasteiger partial charge in [0.2, 0.25) is 5.91 Å². The molecular weight excluding hydrogens is 1030 g/mol. The van der Waals surface area contributed by atoms with Crippen molar-refractivity contribution in [2.45, 2.75) is 360 Å². The van der Waals surface area contributed by atoms with E-state index in [0.29, 0.717) is 17.4 Å². The zero-order valence-corrected chi connectivity index (χ0v) is 56.1. The number of carbonyl (C=O) groups is 1. The van der Waals surface area contributed by atoms with Crippen molar-refractivity contribution in [1.29, 1.82) is 0 Å². The zero-order chi connectivity index (χ0) is 59.8. The molecule has 0 fully saturated rings. The van der Waals surface area contributed by atoms with Gasteiger partial charge in [0.05, 0.1) is 39.9 Å². The van der Waals surface area contributed by atoms with Crippen LogP contribution in [0.3, 0.4) is 0 Å². The average molecular weight is 1170 g/mol. The predicted molar refractivity (Wildman–Crippen MR) is 360 cm³/mol. The Hall–Kier alpha value is -1.80. The van der Waals surface area contributed by atoms with Crippen molar-refractivity contribution in [1.82, 2.24) is 5.32 Å². The monoisotopic (exact) mass is 1170 g/mol. The van der Waals surface area contributed by atoms with Crippen LogP contribution in [0.2, 0.25) is 0 Å². The lowest BCUT2D eigenvalue weighted by molar-refractivity contribution is -0.870. The summed E-state index contributed by atoms with van der Waals surface area (Å²) in [5.41, 5.74) is 0. The lowest BCUT2D eigenvalue weighted by Crippen LogP contribution is -2.45. The van der Waals surface area contributed by atoms with Crippen LogP contribution in [0.25, 0.3) is 0 Å². The van der Waals surface area contributed by atoms with Crippen LogP contribution in [-0.4, -0.2) is 73.4 Å². The van der Waals surface area contributed by atoms with E-state index in [4.69, 9.17) is 9.05 Å². The number of unbranched alkanes of at least 4 members (excludes halogenated alkanes) is 45. The second-order valence-corrected chi connectivity index (χ2v) is 27.0. The van der Waals surface area contributed by atoms with Gasteiger partial charge in [-0.1, -0.05) is 325 Å². The minimum Gasteiger partial charge on any atom is -0.387 e. The van der Waals surface area contributed by atoms with Crippen LogP contribution >= 0.6 is 7.82 Å². The van der Waals surface area contributed by atoms with Crippen LogP contribution in [0.1, 0.15) is 348 Å². The predicted octanol–water partition coefficient (Wildman–Crippen LogP) is 22.8. The molecule has 3 unspecified atom stereocenters. The van der Waals surface area contributed by atoms with Gasteiger partial charge in [0.1, 0.15) is 13.2 Å². The highest BCUT2D eigenvalue weighted by molar-refractivity contribution is 7.47. The SMILES string of the molecule is CCCCCCC/C=C\C/C=C\CCCCCCCCCCCCCCCCCCCCCCCCCCCCCC(=O)NC(COP(=O)(O)OCC[N+](C)(C)C)C(O)/C=C/CC/C=C/CC/C=C/CCCCCCCCCCCCC. The molecule has 0 saturated heterocycles. The van der Waals surface area contributed by atoms with Crippen molar-refractivity contribution in [3.05, 3.63) is 60.8 Å². The summed E-state index contributed by atoms with van der Waals surface area (Å²) in [6, 6.07) is -0.871. The highest BCUT2D eigenvalue weighted by atomic mass is 31.2. The Bertz CT molecular complexity index is 1520. The van der Waals surface area contributed by atoms with E-state index in [1.54, 1.807) is 6.08 Å². The van der Waals surface area contributed by atoms with E-state index in [1.165, 1.54) is 276 Å². The fraction of sp³-hybridized carbons (Fsp3) is 0.849. The number of hydrogen-bond donors (Lipinski definition) is 3. The molecule has 3 N–H and O–H groups in total. The number of allylic oxidation sites excluding steroid dienone is 9. The molecule has 0 aromatic heterocycles. The normalized spacial score (nSPS) is 14.0. The van der Waals surface area contributed by atoms with Gasteiger partial charge in [-0.25, -0.2) is 4.57 Å². The Morgan fingerprint density at radius 1 is 0.415 bits per heavy atom. The first-order valence-electron chi connectivity index (χ1n) is 35.7. The number of quaternary nitrogens is 1. The first-order chi connectivity index (χ1) is 40.0. The van der Waals surface area contributed by atoms with E-state index in [0.717, 1.165) is 51.4 Å². The Balaban J connectivity index is 3.98. The molecule has 0 spiro atoms. The number of nitrogens with zero attached hydrogens (tertiary/aromatic N) is 1. The molecule has 0 bridgehead atoms. The third kappa shape index (κ3) is 65.7.